The molecule has 2 aliphatic heterocycles. The Morgan fingerprint density at radius 1 is 0.964 bits per heavy atom. The van der Waals surface area contributed by atoms with Gasteiger partial charge in [-0.2, -0.15) is 0 Å². The quantitative estimate of drug-likeness (QED) is 0.191. The fourth-order valence-corrected chi connectivity index (χ4v) is 4.09. The maximum atomic E-state index is 11.4. The summed E-state index contributed by atoms with van der Waals surface area (Å²) in [4.78, 5) is 20.6. The maximum absolute atomic E-state index is 11.4. The minimum Gasteiger partial charge on any atom is -0.369 e. The molecule has 28 heavy (non-hydrogen) atoms. The Morgan fingerprint density at radius 3 is 2.11 bits per heavy atom. The zero-order chi connectivity index (χ0) is 19.3. The van der Waals surface area contributed by atoms with Crippen molar-refractivity contribution in [3.63, 3.8) is 0 Å². The summed E-state index contributed by atoms with van der Waals surface area (Å²) < 4.78 is 0. The predicted molar refractivity (Wildman–Crippen MR) is 127 cm³/mol. The molecule has 2 heterocycles. The summed E-state index contributed by atoms with van der Waals surface area (Å²) in [5, 5.41) is 6.82. The van der Waals surface area contributed by atoms with Crippen molar-refractivity contribution in [3.8, 4) is 0 Å². The SMILES string of the molecule is CN=C(NCCCN1CCCCCC1)NCCCN1CCCC(C(N)=O)C1.I. The number of halogens is 1. The van der Waals surface area contributed by atoms with Crippen LogP contribution in [0.3, 0.4) is 0 Å². The number of likely N-dealkylation sites (tertiary alicyclic amines) is 2. The third-order valence-corrected chi connectivity index (χ3v) is 5.72. The number of nitrogens with two attached hydrogens (primary N) is 1. The van der Waals surface area contributed by atoms with Crippen LogP contribution in [0.2, 0.25) is 0 Å². The number of carbonyl (C=O) groups is 1. The topological polar surface area (TPSA) is 86.0 Å². The van der Waals surface area contributed by atoms with Crippen LogP contribution in [-0.2, 0) is 4.79 Å². The highest BCUT2D eigenvalue weighted by molar-refractivity contribution is 14.0. The Balaban J connectivity index is 0.00000392. The molecule has 4 N–H and O–H groups in total. The van der Waals surface area contributed by atoms with Crippen LogP contribution in [0.25, 0.3) is 0 Å². The number of nitrogens with one attached hydrogen (secondary N) is 2. The van der Waals surface area contributed by atoms with E-state index in [4.69, 9.17) is 5.73 Å². The first-order chi connectivity index (χ1) is 13.2. The fraction of sp³-hybridized carbons (Fsp3) is 0.900. The monoisotopic (exact) mass is 508 g/mol. The highest BCUT2D eigenvalue weighted by atomic mass is 127. The summed E-state index contributed by atoms with van der Waals surface area (Å²) in [6, 6.07) is 0. The van der Waals surface area contributed by atoms with Crippen molar-refractivity contribution in [1.29, 1.82) is 0 Å². The van der Waals surface area contributed by atoms with Gasteiger partial charge in [-0.3, -0.25) is 9.79 Å². The number of nitrogens with zero attached hydrogens (tertiary/aromatic N) is 3. The van der Waals surface area contributed by atoms with Crippen LogP contribution >= 0.6 is 24.0 Å². The summed E-state index contributed by atoms with van der Waals surface area (Å²) in [6.07, 6.45) is 9.71. The molecule has 0 aromatic carbocycles. The molecule has 0 spiro atoms. The van der Waals surface area contributed by atoms with E-state index >= 15 is 0 Å². The average molecular weight is 508 g/mol. The molecule has 0 aromatic heterocycles. The lowest BCUT2D eigenvalue weighted by molar-refractivity contribution is -0.123. The van der Waals surface area contributed by atoms with Gasteiger partial charge < -0.3 is 26.2 Å². The molecule has 0 radical (unpaired) electrons. The average Bonchev–Trinajstić information content (AvgIpc) is 2.95. The first-order valence-corrected chi connectivity index (χ1v) is 10.9. The molecule has 1 unspecified atom stereocenters. The van der Waals surface area contributed by atoms with Gasteiger partial charge in [-0.1, -0.05) is 12.8 Å². The normalized spacial score (nSPS) is 22.2. The molecule has 2 saturated heterocycles. The van der Waals surface area contributed by atoms with Crippen molar-refractivity contribution < 1.29 is 4.79 Å². The summed E-state index contributed by atoms with van der Waals surface area (Å²) in [7, 11) is 1.83. The molecular weight excluding hydrogens is 467 g/mol. The summed E-state index contributed by atoms with van der Waals surface area (Å²) in [5.74, 6) is 0.771. The number of amides is 1. The summed E-state index contributed by atoms with van der Waals surface area (Å²) >= 11 is 0. The number of hydrogen-bond donors (Lipinski definition) is 3. The van der Waals surface area contributed by atoms with Crippen LogP contribution in [0.4, 0.5) is 0 Å². The van der Waals surface area contributed by atoms with Crippen LogP contribution in [0, 0.1) is 5.92 Å². The van der Waals surface area contributed by atoms with Crippen LogP contribution in [-0.4, -0.2) is 81.1 Å². The van der Waals surface area contributed by atoms with E-state index in [-0.39, 0.29) is 35.8 Å². The zero-order valence-corrected chi connectivity index (χ0v) is 20.0. The third-order valence-electron chi connectivity index (χ3n) is 5.72. The number of rotatable bonds is 9. The number of primary amides is 1. The lowest BCUT2D eigenvalue weighted by Gasteiger charge is -2.31. The summed E-state index contributed by atoms with van der Waals surface area (Å²) in [5.41, 5.74) is 5.45. The van der Waals surface area contributed by atoms with Crippen molar-refractivity contribution in [1.82, 2.24) is 20.4 Å². The van der Waals surface area contributed by atoms with Gasteiger partial charge in [0.2, 0.25) is 5.91 Å². The van der Waals surface area contributed by atoms with E-state index in [2.05, 4.69) is 25.4 Å². The second-order valence-corrected chi connectivity index (χ2v) is 7.93. The van der Waals surface area contributed by atoms with Gasteiger partial charge in [0, 0.05) is 26.7 Å². The predicted octanol–water partition coefficient (Wildman–Crippen LogP) is 1.62. The molecule has 7 nitrogen and oxygen atoms in total. The van der Waals surface area contributed by atoms with Crippen molar-refractivity contribution in [2.45, 2.75) is 51.4 Å². The van der Waals surface area contributed by atoms with Gasteiger partial charge >= 0.3 is 0 Å². The van der Waals surface area contributed by atoms with Crippen molar-refractivity contribution in [2.75, 3.05) is 59.4 Å². The molecule has 0 bridgehead atoms. The van der Waals surface area contributed by atoms with Gasteiger partial charge in [0.25, 0.3) is 0 Å². The lowest BCUT2D eigenvalue weighted by atomic mass is 9.97. The summed E-state index contributed by atoms with van der Waals surface area (Å²) in [6.45, 7) is 8.46. The highest BCUT2D eigenvalue weighted by Crippen LogP contribution is 2.15. The molecular formula is C20H41IN6O. The van der Waals surface area contributed by atoms with Crippen molar-refractivity contribution in [3.05, 3.63) is 0 Å². The van der Waals surface area contributed by atoms with E-state index in [9.17, 15) is 4.79 Å². The van der Waals surface area contributed by atoms with Crippen molar-refractivity contribution >= 4 is 35.8 Å². The second-order valence-electron chi connectivity index (χ2n) is 7.93. The van der Waals surface area contributed by atoms with Gasteiger partial charge in [-0.15, -0.1) is 24.0 Å². The molecule has 2 aliphatic rings. The molecule has 1 amide bonds. The number of guanidine groups is 1. The first-order valence-electron chi connectivity index (χ1n) is 10.9. The van der Waals surface area contributed by atoms with E-state index in [1.54, 1.807) is 0 Å². The zero-order valence-electron chi connectivity index (χ0n) is 17.6. The van der Waals surface area contributed by atoms with E-state index < -0.39 is 0 Å². The Hall–Kier alpha value is -0.610. The molecule has 0 saturated carbocycles. The maximum Gasteiger partial charge on any atom is 0.221 e. The van der Waals surface area contributed by atoms with Gasteiger partial charge in [-0.05, 0) is 71.2 Å². The van der Waals surface area contributed by atoms with Crippen LogP contribution in [0.1, 0.15) is 51.4 Å². The number of hydrogen-bond acceptors (Lipinski definition) is 4. The Morgan fingerprint density at radius 2 is 1.54 bits per heavy atom. The number of carbonyl (C=O) groups excluding carboxylic acids is 1. The minimum absolute atomic E-state index is 0. The molecule has 2 rings (SSSR count). The second kappa shape index (κ2) is 15.3. The lowest BCUT2D eigenvalue weighted by Crippen LogP contribution is -2.43. The number of aliphatic imine (C=N–C) groups is 1. The van der Waals surface area contributed by atoms with E-state index in [1.165, 1.54) is 45.3 Å². The molecule has 8 heteroatoms. The third kappa shape index (κ3) is 10.2. The van der Waals surface area contributed by atoms with Gasteiger partial charge in [0.15, 0.2) is 5.96 Å². The van der Waals surface area contributed by atoms with Crippen LogP contribution in [0.15, 0.2) is 4.99 Å². The molecule has 2 fully saturated rings. The Labute approximate surface area is 188 Å². The van der Waals surface area contributed by atoms with E-state index in [0.717, 1.165) is 64.4 Å². The van der Waals surface area contributed by atoms with Crippen molar-refractivity contribution in [2.24, 2.45) is 16.6 Å². The van der Waals surface area contributed by atoms with Gasteiger partial charge in [-0.25, -0.2) is 0 Å². The van der Waals surface area contributed by atoms with Crippen LogP contribution in [0.5, 0.6) is 0 Å². The fourth-order valence-electron chi connectivity index (χ4n) is 4.09. The van der Waals surface area contributed by atoms with Gasteiger partial charge in [0.05, 0.1) is 5.92 Å². The van der Waals surface area contributed by atoms with E-state index in [0.29, 0.717) is 0 Å². The molecule has 0 aromatic rings. The molecule has 164 valence electrons. The highest BCUT2D eigenvalue weighted by Gasteiger charge is 2.23. The standard InChI is InChI=1S/C20H40N6O.HI/c1-22-20(23-10-7-15-25-12-4-2-3-5-13-25)24-11-8-16-26-14-6-9-18(17-26)19(21)27;/h18H,2-17H2,1H3,(H2,21,27)(H2,22,23,24);1H. The largest absolute Gasteiger partial charge is 0.369 e. The Kier molecular flexibility index (Phi) is 13.9. The number of piperidine rings is 1. The van der Waals surface area contributed by atoms with Crippen LogP contribution < -0.4 is 16.4 Å². The Bertz CT molecular complexity index is 454. The van der Waals surface area contributed by atoms with Gasteiger partial charge in [0.1, 0.15) is 0 Å². The minimum atomic E-state index is -0.150. The first kappa shape index (κ1) is 25.4. The van der Waals surface area contributed by atoms with E-state index in [1.807, 2.05) is 7.05 Å². The molecule has 1 atom stereocenters. The smallest absolute Gasteiger partial charge is 0.221 e. The molecule has 0 aliphatic carbocycles.